The highest BCUT2D eigenvalue weighted by molar-refractivity contribution is 7.91. The minimum absolute atomic E-state index is 0.131. The minimum Gasteiger partial charge on any atom is -0.373 e. The normalized spacial score (nSPS) is 22.9. The fourth-order valence-corrected chi connectivity index (χ4v) is 3.75. The van der Waals surface area contributed by atoms with Crippen LogP contribution in [0.25, 0.3) is 0 Å². The number of anilines is 1. The van der Waals surface area contributed by atoms with E-state index >= 15 is 0 Å². The van der Waals surface area contributed by atoms with Crippen molar-refractivity contribution in [1.82, 2.24) is 0 Å². The minimum atomic E-state index is -3.18. The summed E-state index contributed by atoms with van der Waals surface area (Å²) in [5.74, 6) is 0.712. The Kier molecular flexibility index (Phi) is 4.16. The van der Waals surface area contributed by atoms with Crippen LogP contribution < -0.4 is 10.6 Å². The van der Waals surface area contributed by atoms with Gasteiger partial charge in [0.05, 0.1) is 16.3 Å². The van der Waals surface area contributed by atoms with E-state index in [9.17, 15) is 8.42 Å². The van der Waals surface area contributed by atoms with Gasteiger partial charge in [-0.3, -0.25) is 0 Å². The average Bonchev–Trinajstić information content (AvgIpc) is 2.37. The molecule has 0 amide bonds. The second kappa shape index (κ2) is 5.51. The topological polar surface area (TPSA) is 63.4 Å². The molecule has 0 aliphatic heterocycles. The van der Waals surface area contributed by atoms with Gasteiger partial charge in [-0.05, 0) is 30.9 Å². The summed E-state index contributed by atoms with van der Waals surface area (Å²) in [6.07, 6.45) is 2.07. The molecule has 0 radical (unpaired) electrons. The maximum absolute atomic E-state index is 12.1. The Balaban J connectivity index is 2.20. The van der Waals surface area contributed by atoms with Crippen molar-refractivity contribution in [3.63, 3.8) is 0 Å². The Morgan fingerprint density at radius 3 is 2.53 bits per heavy atom. The summed E-state index contributed by atoms with van der Waals surface area (Å²) in [6, 6.07) is 7.55. The Labute approximate surface area is 115 Å². The zero-order chi connectivity index (χ0) is 14.0. The third-order valence-corrected chi connectivity index (χ3v) is 5.57. The van der Waals surface area contributed by atoms with Gasteiger partial charge >= 0.3 is 0 Å². The second-order valence-electron chi connectivity index (χ2n) is 5.35. The summed E-state index contributed by atoms with van der Waals surface area (Å²) in [4.78, 5) is 2.47. The van der Waals surface area contributed by atoms with E-state index in [2.05, 4.69) is 0 Å². The highest BCUT2D eigenvalue weighted by atomic mass is 32.2. The number of hydrogen-bond donors (Lipinski definition) is 1. The van der Waals surface area contributed by atoms with Crippen LogP contribution in [0, 0.1) is 5.92 Å². The highest BCUT2D eigenvalue weighted by Gasteiger charge is 2.28. The predicted molar refractivity (Wildman–Crippen MR) is 78.1 cm³/mol. The van der Waals surface area contributed by atoms with E-state index in [1.807, 2.05) is 24.1 Å². The molecule has 4 nitrogen and oxygen atoms in total. The molecule has 1 aliphatic carbocycles. The molecular formula is C14H22N2O2S. The summed E-state index contributed by atoms with van der Waals surface area (Å²) in [5, 5.41) is 0. The van der Waals surface area contributed by atoms with Crippen LogP contribution in [-0.4, -0.2) is 33.8 Å². The maximum atomic E-state index is 12.1. The number of hydrogen-bond acceptors (Lipinski definition) is 4. The van der Waals surface area contributed by atoms with Crippen LogP contribution in [0.5, 0.6) is 0 Å². The molecule has 1 saturated carbocycles. The lowest BCUT2D eigenvalue weighted by atomic mass is 9.80. The highest BCUT2D eigenvalue weighted by Crippen LogP contribution is 2.30. The van der Waals surface area contributed by atoms with Crippen molar-refractivity contribution in [2.45, 2.75) is 30.7 Å². The van der Waals surface area contributed by atoms with Gasteiger partial charge in [0, 0.05) is 19.6 Å². The quantitative estimate of drug-likeness (QED) is 0.892. The molecule has 2 N–H and O–H groups in total. The van der Waals surface area contributed by atoms with Gasteiger partial charge in [0.15, 0.2) is 9.84 Å². The molecule has 1 aliphatic rings. The third-order valence-electron chi connectivity index (χ3n) is 3.80. The Hall–Kier alpha value is -1.07. The zero-order valence-corrected chi connectivity index (χ0v) is 12.4. The van der Waals surface area contributed by atoms with E-state index in [4.69, 9.17) is 5.73 Å². The van der Waals surface area contributed by atoms with Gasteiger partial charge in [-0.1, -0.05) is 19.1 Å². The molecule has 5 heteroatoms. The van der Waals surface area contributed by atoms with Gasteiger partial charge in [-0.2, -0.15) is 0 Å². The van der Waals surface area contributed by atoms with Crippen LogP contribution in [0.15, 0.2) is 29.2 Å². The van der Waals surface area contributed by atoms with E-state index in [-0.39, 0.29) is 5.75 Å². The first kappa shape index (κ1) is 14.3. The summed E-state index contributed by atoms with van der Waals surface area (Å²) in [6.45, 7) is 2.54. The summed E-state index contributed by atoms with van der Waals surface area (Å²) < 4.78 is 24.2. The standard InChI is InChI=1S/C14H22N2O2S/c1-3-19(17,18)14-7-5-4-6-13(14)16(2)10-11-8-12(15)9-11/h4-7,11-12H,3,8-10,15H2,1-2H3. The van der Waals surface area contributed by atoms with Crippen molar-refractivity contribution in [2.75, 3.05) is 24.2 Å². The molecule has 0 bridgehead atoms. The van der Waals surface area contributed by atoms with Crippen LogP contribution in [0.1, 0.15) is 19.8 Å². The lowest BCUT2D eigenvalue weighted by molar-refractivity contribution is 0.271. The van der Waals surface area contributed by atoms with Crippen LogP contribution in [0.4, 0.5) is 5.69 Å². The van der Waals surface area contributed by atoms with Crippen molar-refractivity contribution in [1.29, 1.82) is 0 Å². The molecule has 0 unspecified atom stereocenters. The van der Waals surface area contributed by atoms with Crippen LogP contribution in [0.3, 0.4) is 0 Å². The van der Waals surface area contributed by atoms with Crippen LogP contribution >= 0.6 is 0 Å². The summed E-state index contributed by atoms with van der Waals surface area (Å²) in [7, 11) is -1.22. The average molecular weight is 282 g/mol. The number of sulfone groups is 1. The lowest BCUT2D eigenvalue weighted by Gasteiger charge is -2.36. The van der Waals surface area contributed by atoms with E-state index in [0.29, 0.717) is 16.9 Å². The summed E-state index contributed by atoms with van der Waals surface area (Å²) >= 11 is 0. The third kappa shape index (κ3) is 3.09. The number of rotatable bonds is 5. The zero-order valence-electron chi connectivity index (χ0n) is 11.5. The maximum Gasteiger partial charge on any atom is 0.180 e. The lowest BCUT2D eigenvalue weighted by Crippen LogP contribution is -2.42. The van der Waals surface area contributed by atoms with Gasteiger partial charge in [-0.15, -0.1) is 0 Å². The van der Waals surface area contributed by atoms with Gasteiger partial charge in [0.1, 0.15) is 0 Å². The molecule has 19 heavy (non-hydrogen) atoms. The van der Waals surface area contributed by atoms with Crippen molar-refractivity contribution in [3.8, 4) is 0 Å². The summed E-state index contributed by atoms with van der Waals surface area (Å²) in [5.41, 5.74) is 6.59. The molecule has 0 heterocycles. The van der Waals surface area contributed by atoms with E-state index in [0.717, 1.165) is 25.1 Å². The molecule has 0 aromatic heterocycles. The van der Waals surface area contributed by atoms with Crippen molar-refractivity contribution >= 4 is 15.5 Å². The first-order chi connectivity index (χ1) is 8.94. The Morgan fingerprint density at radius 1 is 1.32 bits per heavy atom. The van der Waals surface area contributed by atoms with E-state index < -0.39 is 9.84 Å². The fourth-order valence-electron chi connectivity index (χ4n) is 2.61. The molecule has 0 atom stereocenters. The molecule has 1 fully saturated rings. The van der Waals surface area contributed by atoms with Gasteiger partial charge < -0.3 is 10.6 Å². The predicted octanol–water partition coefficient (Wildman–Crippen LogP) is 1.65. The van der Waals surface area contributed by atoms with Crippen LogP contribution in [0.2, 0.25) is 0 Å². The van der Waals surface area contributed by atoms with Gasteiger partial charge in [0.25, 0.3) is 0 Å². The van der Waals surface area contributed by atoms with Crippen molar-refractivity contribution in [3.05, 3.63) is 24.3 Å². The SMILES string of the molecule is CCS(=O)(=O)c1ccccc1N(C)CC1CC(N)C1. The van der Waals surface area contributed by atoms with Crippen molar-refractivity contribution in [2.24, 2.45) is 11.7 Å². The number of nitrogens with two attached hydrogens (primary N) is 1. The number of para-hydroxylation sites is 1. The Bertz CT molecular complexity index is 536. The molecule has 2 rings (SSSR count). The second-order valence-corrected chi connectivity index (χ2v) is 7.60. The Morgan fingerprint density at radius 2 is 1.95 bits per heavy atom. The molecule has 1 aromatic rings. The van der Waals surface area contributed by atoms with Gasteiger partial charge in [0.2, 0.25) is 0 Å². The van der Waals surface area contributed by atoms with E-state index in [1.54, 1.807) is 19.1 Å². The molecular weight excluding hydrogens is 260 g/mol. The molecule has 0 spiro atoms. The fraction of sp³-hybridized carbons (Fsp3) is 0.571. The molecule has 1 aromatic carbocycles. The van der Waals surface area contributed by atoms with Crippen molar-refractivity contribution < 1.29 is 8.42 Å². The molecule has 106 valence electrons. The number of benzene rings is 1. The van der Waals surface area contributed by atoms with Gasteiger partial charge in [-0.25, -0.2) is 8.42 Å². The van der Waals surface area contributed by atoms with E-state index in [1.165, 1.54) is 0 Å². The van der Waals surface area contributed by atoms with Crippen LogP contribution in [-0.2, 0) is 9.84 Å². The number of nitrogens with zero attached hydrogens (tertiary/aromatic N) is 1. The largest absolute Gasteiger partial charge is 0.373 e. The smallest absolute Gasteiger partial charge is 0.180 e. The first-order valence-corrected chi connectivity index (χ1v) is 8.37. The molecule has 0 saturated heterocycles. The monoisotopic (exact) mass is 282 g/mol. The first-order valence-electron chi connectivity index (χ1n) is 6.72.